The largest absolute Gasteiger partial charge is 0.338 e. The van der Waals surface area contributed by atoms with Gasteiger partial charge in [0.2, 0.25) is 0 Å². The topological polar surface area (TPSA) is 105 Å². The SMILES string of the molecule is CCNCc1cn[nH]c1S(=O)(=O)NCCc1nccn1C. The summed E-state index contributed by atoms with van der Waals surface area (Å²) >= 11 is 0. The minimum Gasteiger partial charge on any atom is -0.338 e. The molecular weight excluding hydrogens is 292 g/mol. The van der Waals surface area contributed by atoms with Crippen LogP contribution in [0.25, 0.3) is 0 Å². The highest BCUT2D eigenvalue weighted by atomic mass is 32.2. The predicted octanol–water partition coefficient (Wildman–Crippen LogP) is -0.226. The van der Waals surface area contributed by atoms with E-state index in [1.165, 1.54) is 6.20 Å². The molecule has 0 aromatic carbocycles. The Labute approximate surface area is 124 Å². The minimum atomic E-state index is -3.59. The number of sulfonamides is 1. The molecule has 0 spiro atoms. The normalized spacial score (nSPS) is 11.9. The predicted molar refractivity (Wildman–Crippen MR) is 78.1 cm³/mol. The number of aromatic nitrogens is 4. The van der Waals surface area contributed by atoms with E-state index in [-0.39, 0.29) is 11.6 Å². The van der Waals surface area contributed by atoms with Crippen LogP contribution in [0.5, 0.6) is 0 Å². The van der Waals surface area contributed by atoms with Gasteiger partial charge in [-0.3, -0.25) is 5.10 Å². The molecule has 0 aliphatic heterocycles. The summed E-state index contributed by atoms with van der Waals surface area (Å²) < 4.78 is 28.9. The number of aryl methyl sites for hydroxylation is 1. The van der Waals surface area contributed by atoms with Crippen molar-refractivity contribution < 1.29 is 8.42 Å². The first-order chi connectivity index (χ1) is 10.0. The van der Waals surface area contributed by atoms with Gasteiger partial charge in [0, 0.05) is 44.5 Å². The summed E-state index contributed by atoms with van der Waals surface area (Å²) in [4.78, 5) is 4.15. The molecule has 3 N–H and O–H groups in total. The van der Waals surface area contributed by atoms with E-state index >= 15 is 0 Å². The van der Waals surface area contributed by atoms with Gasteiger partial charge in [0.25, 0.3) is 10.0 Å². The van der Waals surface area contributed by atoms with E-state index < -0.39 is 10.0 Å². The van der Waals surface area contributed by atoms with E-state index in [9.17, 15) is 8.42 Å². The van der Waals surface area contributed by atoms with Crippen LogP contribution in [0.1, 0.15) is 18.3 Å². The molecule has 2 heterocycles. The van der Waals surface area contributed by atoms with Crippen molar-refractivity contribution in [3.05, 3.63) is 30.0 Å². The lowest BCUT2D eigenvalue weighted by Crippen LogP contribution is -2.28. The van der Waals surface area contributed by atoms with Gasteiger partial charge in [-0.2, -0.15) is 5.10 Å². The average Bonchev–Trinajstić information content (AvgIpc) is 3.06. The highest BCUT2D eigenvalue weighted by molar-refractivity contribution is 7.89. The summed E-state index contributed by atoms with van der Waals surface area (Å²) in [7, 11) is -1.71. The number of nitrogens with zero attached hydrogens (tertiary/aromatic N) is 3. The third-order valence-corrected chi connectivity index (χ3v) is 4.55. The number of hydrogen-bond acceptors (Lipinski definition) is 5. The van der Waals surface area contributed by atoms with E-state index in [1.807, 2.05) is 24.7 Å². The van der Waals surface area contributed by atoms with Crippen LogP contribution < -0.4 is 10.0 Å². The number of hydrogen-bond donors (Lipinski definition) is 3. The maximum atomic E-state index is 12.3. The molecule has 116 valence electrons. The Hall–Kier alpha value is -1.71. The van der Waals surface area contributed by atoms with E-state index in [0.29, 0.717) is 18.5 Å². The molecule has 0 bridgehead atoms. The van der Waals surface area contributed by atoms with Crippen LogP contribution >= 0.6 is 0 Å². The van der Waals surface area contributed by atoms with Gasteiger partial charge in [-0.05, 0) is 6.54 Å². The van der Waals surface area contributed by atoms with Crippen molar-refractivity contribution >= 4 is 10.0 Å². The number of nitrogens with one attached hydrogen (secondary N) is 3. The zero-order valence-corrected chi connectivity index (χ0v) is 12.9. The first kappa shape index (κ1) is 15.7. The number of imidazole rings is 1. The Morgan fingerprint density at radius 3 is 2.90 bits per heavy atom. The molecule has 0 atom stereocenters. The standard InChI is InChI=1S/C12H20N6O2S/c1-3-13-8-10-9-15-17-12(10)21(19,20)16-5-4-11-14-6-7-18(11)2/h6-7,9,13,16H,3-5,8H2,1-2H3,(H,15,17). The Morgan fingerprint density at radius 2 is 2.24 bits per heavy atom. The van der Waals surface area contributed by atoms with Crippen molar-refractivity contribution in [3.8, 4) is 0 Å². The second-order valence-electron chi connectivity index (χ2n) is 4.61. The molecule has 0 saturated heterocycles. The van der Waals surface area contributed by atoms with Gasteiger partial charge in [0.15, 0.2) is 5.03 Å². The molecule has 9 heteroatoms. The van der Waals surface area contributed by atoms with Gasteiger partial charge >= 0.3 is 0 Å². The van der Waals surface area contributed by atoms with Crippen LogP contribution in [0, 0.1) is 0 Å². The lowest BCUT2D eigenvalue weighted by Gasteiger charge is -2.07. The fraction of sp³-hybridized carbons (Fsp3) is 0.500. The van der Waals surface area contributed by atoms with Gasteiger partial charge in [-0.1, -0.05) is 6.92 Å². The smallest absolute Gasteiger partial charge is 0.257 e. The summed E-state index contributed by atoms with van der Waals surface area (Å²) in [6.07, 6.45) is 5.57. The summed E-state index contributed by atoms with van der Waals surface area (Å²) in [6, 6.07) is 0. The highest BCUT2D eigenvalue weighted by Gasteiger charge is 2.20. The lowest BCUT2D eigenvalue weighted by molar-refractivity contribution is 0.573. The Morgan fingerprint density at radius 1 is 1.43 bits per heavy atom. The van der Waals surface area contributed by atoms with Crippen LogP contribution in [0.3, 0.4) is 0 Å². The first-order valence-electron chi connectivity index (χ1n) is 6.73. The van der Waals surface area contributed by atoms with Crippen molar-refractivity contribution in [3.63, 3.8) is 0 Å². The maximum Gasteiger partial charge on any atom is 0.257 e. The van der Waals surface area contributed by atoms with Gasteiger partial charge in [-0.25, -0.2) is 18.1 Å². The van der Waals surface area contributed by atoms with E-state index in [2.05, 4.69) is 25.2 Å². The molecule has 0 unspecified atom stereocenters. The van der Waals surface area contributed by atoms with Gasteiger partial charge in [0.05, 0.1) is 6.20 Å². The molecule has 0 aliphatic carbocycles. The second-order valence-corrected chi connectivity index (χ2v) is 6.31. The van der Waals surface area contributed by atoms with E-state index in [4.69, 9.17) is 0 Å². The van der Waals surface area contributed by atoms with Crippen LogP contribution in [0.4, 0.5) is 0 Å². The fourth-order valence-corrected chi connectivity index (χ4v) is 3.08. The van der Waals surface area contributed by atoms with Crippen LogP contribution in [-0.2, 0) is 30.0 Å². The average molecular weight is 312 g/mol. The molecule has 0 radical (unpaired) electrons. The molecule has 2 rings (SSSR count). The molecule has 0 amide bonds. The van der Waals surface area contributed by atoms with Crippen LogP contribution in [0.2, 0.25) is 0 Å². The number of aromatic amines is 1. The third kappa shape index (κ3) is 3.90. The minimum absolute atomic E-state index is 0.114. The third-order valence-electron chi connectivity index (χ3n) is 3.07. The van der Waals surface area contributed by atoms with Crippen molar-refractivity contribution in [2.45, 2.75) is 24.9 Å². The van der Waals surface area contributed by atoms with Crippen molar-refractivity contribution in [2.75, 3.05) is 13.1 Å². The maximum absolute atomic E-state index is 12.3. The molecule has 0 saturated carbocycles. The summed E-state index contributed by atoms with van der Waals surface area (Å²) in [6.45, 7) is 3.46. The fourth-order valence-electron chi connectivity index (χ4n) is 1.92. The molecule has 21 heavy (non-hydrogen) atoms. The molecule has 8 nitrogen and oxygen atoms in total. The lowest BCUT2D eigenvalue weighted by atomic mass is 10.3. The van der Waals surface area contributed by atoms with E-state index in [1.54, 1.807) is 6.20 Å². The summed E-state index contributed by atoms with van der Waals surface area (Å²) in [5.74, 6) is 0.829. The van der Waals surface area contributed by atoms with Gasteiger partial charge in [-0.15, -0.1) is 0 Å². The molecule has 0 aliphatic rings. The molecular formula is C12H20N6O2S. The van der Waals surface area contributed by atoms with Gasteiger partial charge < -0.3 is 9.88 Å². The number of H-pyrrole nitrogens is 1. The number of rotatable bonds is 8. The van der Waals surface area contributed by atoms with Crippen molar-refractivity contribution in [2.24, 2.45) is 7.05 Å². The Balaban J connectivity index is 1.98. The van der Waals surface area contributed by atoms with Crippen molar-refractivity contribution in [1.82, 2.24) is 29.8 Å². The van der Waals surface area contributed by atoms with Crippen molar-refractivity contribution in [1.29, 1.82) is 0 Å². The molecule has 0 fully saturated rings. The first-order valence-corrected chi connectivity index (χ1v) is 8.21. The highest BCUT2D eigenvalue weighted by Crippen LogP contribution is 2.11. The monoisotopic (exact) mass is 312 g/mol. The molecule has 2 aromatic heterocycles. The van der Waals surface area contributed by atoms with E-state index in [0.717, 1.165) is 12.4 Å². The van der Waals surface area contributed by atoms with Crippen LogP contribution in [0.15, 0.2) is 23.6 Å². The summed E-state index contributed by atoms with van der Waals surface area (Å²) in [5.41, 5.74) is 0.626. The quantitative estimate of drug-likeness (QED) is 0.625. The summed E-state index contributed by atoms with van der Waals surface area (Å²) in [5, 5.41) is 9.56. The zero-order valence-electron chi connectivity index (χ0n) is 12.1. The van der Waals surface area contributed by atoms with Crippen LogP contribution in [-0.4, -0.2) is 41.3 Å². The Bertz CT molecular complexity index is 675. The molecule has 2 aromatic rings. The Kier molecular flexibility index (Phi) is 5.10. The zero-order chi connectivity index (χ0) is 15.3. The van der Waals surface area contributed by atoms with Gasteiger partial charge in [0.1, 0.15) is 5.82 Å². The second kappa shape index (κ2) is 6.83.